The number of fused-ring (bicyclic) bond motifs is 1. The summed E-state index contributed by atoms with van der Waals surface area (Å²) in [6.07, 6.45) is 0. The Kier molecular flexibility index (Phi) is 3.63. The van der Waals surface area contributed by atoms with Crippen molar-refractivity contribution in [2.24, 2.45) is 0 Å². The van der Waals surface area contributed by atoms with E-state index in [1.807, 2.05) is 18.2 Å². The molecule has 1 aliphatic rings. The molecule has 7 heteroatoms. The maximum atomic E-state index is 12.9. The Balaban J connectivity index is 1.44. The molecule has 5 nitrogen and oxygen atoms in total. The van der Waals surface area contributed by atoms with E-state index >= 15 is 0 Å². The van der Waals surface area contributed by atoms with Gasteiger partial charge in [-0.1, -0.05) is 17.8 Å². The molecule has 23 heavy (non-hydrogen) atoms. The van der Waals surface area contributed by atoms with Gasteiger partial charge in [-0.15, -0.1) is 10.2 Å². The Morgan fingerprint density at radius 2 is 1.83 bits per heavy atom. The molecular formula is C16H11FN2O3S. The standard InChI is InChI=1S/C16H11FN2O3S/c17-12-4-2-11(3-5-12)15-18-19-16(22-15)23-8-10-1-6-13-14(7-10)21-9-20-13/h1-7H,8-9H2. The lowest BCUT2D eigenvalue weighted by atomic mass is 10.2. The maximum absolute atomic E-state index is 12.9. The summed E-state index contributed by atoms with van der Waals surface area (Å²) < 4.78 is 29.1. The molecule has 1 aliphatic heterocycles. The first kappa shape index (κ1) is 14.1. The van der Waals surface area contributed by atoms with Gasteiger partial charge in [0.1, 0.15) is 5.82 Å². The number of ether oxygens (including phenoxy) is 2. The summed E-state index contributed by atoms with van der Waals surface area (Å²) >= 11 is 1.43. The minimum absolute atomic E-state index is 0.261. The molecule has 0 atom stereocenters. The van der Waals surface area contributed by atoms with Crippen LogP contribution in [0.5, 0.6) is 11.5 Å². The van der Waals surface area contributed by atoms with Crippen LogP contribution < -0.4 is 9.47 Å². The molecule has 0 unspecified atom stereocenters. The number of benzene rings is 2. The second-order valence-corrected chi connectivity index (χ2v) is 5.78. The van der Waals surface area contributed by atoms with Crippen LogP contribution in [-0.2, 0) is 5.75 Å². The topological polar surface area (TPSA) is 57.4 Å². The molecular weight excluding hydrogens is 319 g/mol. The Morgan fingerprint density at radius 3 is 2.70 bits per heavy atom. The summed E-state index contributed by atoms with van der Waals surface area (Å²) in [7, 11) is 0. The molecule has 0 amide bonds. The van der Waals surface area contributed by atoms with Crippen LogP contribution in [0, 0.1) is 5.82 Å². The zero-order chi connectivity index (χ0) is 15.6. The van der Waals surface area contributed by atoms with Gasteiger partial charge in [0, 0.05) is 11.3 Å². The molecule has 4 rings (SSSR count). The molecule has 2 heterocycles. The third-order valence-electron chi connectivity index (χ3n) is 3.30. The van der Waals surface area contributed by atoms with Gasteiger partial charge in [-0.2, -0.15) is 0 Å². The number of halogens is 1. The first-order chi connectivity index (χ1) is 11.3. The van der Waals surface area contributed by atoms with Crippen LogP contribution >= 0.6 is 11.8 Å². The average molecular weight is 330 g/mol. The fourth-order valence-corrected chi connectivity index (χ4v) is 2.86. The summed E-state index contributed by atoms with van der Waals surface area (Å²) in [4.78, 5) is 0. The van der Waals surface area contributed by atoms with Crippen LogP contribution in [-0.4, -0.2) is 17.0 Å². The van der Waals surface area contributed by atoms with Gasteiger partial charge in [-0.25, -0.2) is 4.39 Å². The number of rotatable bonds is 4. The molecule has 0 bridgehead atoms. The third kappa shape index (κ3) is 3.00. The monoisotopic (exact) mass is 330 g/mol. The summed E-state index contributed by atoms with van der Waals surface area (Å²) in [5.74, 6) is 2.25. The highest BCUT2D eigenvalue weighted by atomic mass is 32.2. The molecule has 0 radical (unpaired) electrons. The Bertz CT molecular complexity index is 836. The van der Waals surface area contributed by atoms with Gasteiger partial charge in [0.2, 0.25) is 12.7 Å². The van der Waals surface area contributed by atoms with E-state index in [1.54, 1.807) is 12.1 Å². The second-order valence-electron chi connectivity index (χ2n) is 4.86. The molecule has 3 aromatic rings. The largest absolute Gasteiger partial charge is 0.454 e. The normalized spacial score (nSPS) is 12.6. The van der Waals surface area contributed by atoms with Gasteiger partial charge in [0.05, 0.1) is 0 Å². The van der Waals surface area contributed by atoms with Gasteiger partial charge in [0.15, 0.2) is 11.5 Å². The van der Waals surface area contributed by atoms with E-state index in [0.717, 1.165) is 17.1 Å². The molecule has 0 N–H and O–H groups in total. The lowest BCUT2D eigenvalue weighted by molar-refractivity contribution is 0.174. The Labute approximate surface area is 135 Å². The fraction of sp³-hybridized carbons (Fsp3) is 0.125. The molecule has 0 spiro atoms. The van der Waals surface area contributed by atoms with Crippen molar-refractivity contribution in [2.45, 2.75) is 11.0 Å². The van der Waals surface area contributed by atoms with Crippen LogP contribution in [0.15, 0.2) is 52.1 Å². The van der Waals surface area contributed by atoms with Crippen LogP contribution in [0.25, 0.3) is 11.5 Å². The highest BCUT2D eigenvalue weighted by Crippen LogP contribution is 2.34. The Morgan fingerprint density at radius 1 is 1.00 bits per heavy atom. The highest BCUT2D eigenvalue weighted by molar-refractivity contribution is 7.98. The van der Waals surface area contributed by atoms with E-state index in [2.05, 4.69) is 10.2 Å². The first-order valence-corrected chi connectivity index (χ1v) is 7.87. The smallest absolute Gasteiger partial charge is 0.277 e. The van der Waals surface area contributed by atoms with Crippen LogP contribution in [0.3, 0.4) is 0 Å². The fourth-order valence-electron chi connectivity index (χ4n) is 2.15. The van der Waals surface area contributed by atoms with Crippen molar-refractivity contribution in [1.29, 1.82) is 0 Å². The zero-order valence-electron chi connectivity index (χ0n) is 11.9. The molecule has 2 aromatic carbocycles. The number of aromatic nitrogens is 2. The zero-order valence-corrected chi connectivity index (χ0v) is 12.7. The van der Waals surface area contributed by atoms with E-state index in [4.69, 9.17) is 13.9 Å². The SMILES string of the molecule is Fc1ccc(-c2nnc(SCc3ccc4c(c3)OCO4)o2)cc1. The summed E-state index contributed by atoms with van der Waals surface area (Å²) in [6.45, 7) is 0.261. The van der Waals surface area contributed by atoms with Crippen LogP contribution in [0.1, 0.15) is 5.56 Å². The molecule has 0 saturated carbocycles. The number of thioether (sulfide) groups is 1. The van der Waals surface area contributed by atoms with Crippen molar-refractivity contribution >= 4 is 11.8 Å². The second kappa shape index (κ2) is 5.92. The summed E-state index contributed by atoms with van der Waals surface area (Å²) in [5, 5.41) is 8.44. The molecule has 1 aromatic heterocycles. The van der Waals surface area contributed by atoms with Crippen molar-refractivity contribution in [3.63, 3.8) is 0 Å². The lowest BCUT2D eigenvalue weighted by Crippen LogP contribution is -1.92. The van der Waals surface area contributed by atoms with E-state index < -0.39 is 0 Å². The predicted molar refractivity (Wildman–Crippen MR) is 81.8 cm³/mol. The van der Waals surface area contributed by atoms with Crippen molar-refractivity contribution in [3.05, 3.63) is 53.8 Å². The quantitative estimate of drug-likeness (QED) is 0.676. The van der Waals surface area contributed by atoms with Gasteiger partial charge in [-0.3, -0.25) is 0 Å². The summed E-state index contributed by atoms with van der Waals surface area (Å²) in [5.41, 5.74) is 1.76. The van der Waals surface area contributed by atoms with E-state index in [9.17, 15) is 4.39 Å². The van der Waals surface area contributed by atoms with Crippen molar-refractivity contribution < 1.29 is 18.3 Å². The highest BCUT2D eigenvalue weighted by Gasteiger charge is 2.14. The van der Waals surface area contributed by atoms with Crippen LogP contribution in [0.2, 0.25) is 0 Å². The van der Waals surface area contributed by atoms with E-state index in [0.29, 0.717) is 22.4 Å². The van der Waals surface area contributed by atoms with Crippen molar-refractivity contribution in [3.8, 4) is 23.0 Å². The lowest BCUT2D eigenvalue weighted by Gasteiger charge is -2.00. The average Bonchev–Trinajstić information content (AvgIpc) is 3.22. The predicted octanol–water partition coefficient (Wildman–Crippen LogP) is 3.90. The van der Waals surface area contributed by atoms with Gasteiger partial charge in [-0.05, 0) is 42.0 Å². The molecule has 0 aliphatic carbocycles. The molecule has 116 valence electrons. The number of nitrogens with zero attached hydrogens (tertiary/aromatic N) is 2. The minimum Gasteiger partial charge on any atom is -0.454 e. The number of hydrogen-bond acceptors (Lipinski definition) is 6. The molecule has 0 saturated heterocycles. The van der Waals surface area contributed by atoms with Crippen molar-refractivity contribution in [1.82, 2.24) is 10.2 Å². The van der Waals surface area contributed by atoms with Gasteiger partial charge >= 0.3 is 0 Å². The van der Waals surface area contributed by atoms with E-state index in [1.165, 1.54) is 23.9 Å². The van der Waals surface area contributed by atoms with Gasteiger partial charge in [0.25, 0.3) is 5.22 Å². The minimum atomic E-state index is -0.300. The Hall–Kier alpha value is -2.54. The van der Waals surface area contributed by atoms with E-state index in [-0.39, 0.29) is 12.6 Å². The first-order valence-electron chi connectivity index (χ1n) is 6.89. The molecule has 0 fully saturated rings. The maximum Gasteiger partial charge on any atom is 0.277 e. The number of hydrogen-bond donors (Lipinski definition) is 0. The third-order valence-corrected chi connectivity index (χ3v) is 4.19. The van der Waals surface area contributed by atoms with Crippen molar-refractivity contribution in [2.75, 3.05) is 6.79 Å². The summed E-state index contributed by atoms with van der Waals surface area (Å²) in [6, 6.07) is 11.7. The van der Waals surface area contributed by atoms with Crippen LogP contribution in [0.4, 0.5) is 4.39 Å². The van der Waals surface area contributed by atoms with Gasteiger partial charge < -0.3 is 13.9 Å².